The summed E-state index contributed by atoms with van der Waals surface area (Å²) >= 11 is 0. The minimum Gasteiger partial charge on any atom is -0.497 e. The second kappa shape index (κ2) is 5.92. The minimum atomic E-state index is 0.437. The van der Waals surface area contributed by atoms with E-state index in [1.807, 2.05) is 12.1 Å². The molecule has 0 saturated carbocycles. The van der Waals surface area contributed by atoms with E-state index in [0.717, 1.165) is 5.75 Å². The van der Waals surface area contributed by atoms with Gasteiger partial charge in [0.2, 0.25) is 0 Å². The van der Waals surface area contributed by atoms with Crippen LogP contribution in [-0.4, -0.2) is 7.11 Å². The first-order valence-electron chi connectivity index (χ1n) is 6.82. The maximum atomic E-state index is 5.23. The summed E-state index contributed by atoms with van der Waals surface area (Å²) in [5.41, 5.74) is 4.03. The van der Waals surface area contributed by atoms with Gasteiger partial charge in [-0.05, 0) is 36.1 Å². The van der Waals surface area contributed by atoms with E-state index in [2.05, 4.69) is 57.2 Å². The van der Waals surface area contributed by atoms with Gasteiger partial charge in [-0.3, -0.25) is 0 Å². The maximum absolute atomic E-state index is 5.23. The van der Waals surface area contributed by atoms with Crippen molar-refractivity contribution >= 4 is 0 Å². The summed E-state index contributed by atoms with van der Waals surface area (Å²) in [4.78, 5) is 0. The van der Waals surface area contributed by atoms with Crippen LogP contribution < -0.4 is 4.74 Å². The molecule has 1 nitrogen and oxygen atoms in total. The molecule has 0 bridgehead atoms. The molecule has 1 unspecified atom stereocenters. The third-order valence-electron chi connectivity index (χ3n) is 3.58. The van der Waals surface area contributed by atoms with Crippen molar-refractivity contribution in [3.8, 4) is 5.75 Å². The van der Waals surface area contributed by atoms with Crippen LogP contribution in [-0.2, 0) is 0 Å². The second-order valence-corrected chi connectivity index (χ2v) is 5.41. The van der Waals surface area contributed by atoms with E-state index < -0.39 is 0 Å². The van der Waals surface area contributed by atoms with Crippen molar-refractivity contribution in [2.24, 2.45) is 5.92 Å². The molecule has 0 saturated heterocycles. The zero-order valence-electron chi connectivity index (χ0n) is 12.2. The van der Waals surface area contributed by atoms with Crippen molar-refractivity contribution in [1.29, 1.82) is 0 Å². The lowest BCUT2D eigenvalue weighted by Crippen LogP contribution is -2.08. The number of benzene rings is 2. The molecule has 2 aromatic rings. The molecule has 0 amide bonds. The molecule has 0 spiro atoms. The number of aryl methyl sites for hydroxylation is 1. The summed E-state index contributed by atoms with van der Waals surface area (Å²) in [6.45, 7) is 6.67. The summed E-state index contributed by atoms with van der Waals surface area (Å²) in [6.07, 6.45) is 0. The standard InChI is InChI=1S/C18H22O/c1-13(2)18(15-7-5-14(3)6-8-15)16-9-11-17(19-4)12-10-16/h5-13,18H,1-4H3. The summed E-state index contributed by atoms with van der Waals surface area (Å²) in [5, 5.41) is 0. The van der Waals surface area contributed by atoms with Crippen molar-refractivity contribution in [3.05, 3.63) is 65.2 Å². The minimum absolute atomic E-state index is 0.437. The van der Waals surface area contributed by atoms with Crippen LogP contribution in [0.15, 0.2) is 48.5 Å². The van der Waals surface area contributed by atoms with E-state index in [1.54, 1.807) is 7.11 Å². The number of methoxy groups -OCH3 is 1. The van der Waals surface area contributed by atoms with Crippen molar-refractivity contribution in [2.45, 2.75) is 26.7 Å². The Hall–Kier alpha value is -1.76. The van der Waals surface area contributed by atoms with Gasteiger partial charge in [0.1, 0.15) is 5.75 Å². The maximum Gasteiger partial charge on any atom is 0.118 e. The normalized spacial score (nSPS) is 12.5. The van der Waals surface area contributed by atoms with Gasteiger partial charge < -0.3 is 4.74 Å². The lowest BCUT2D eigenvalue weighted by molar-refractivity contribution is 0.414. The molecule has 0 radical (unpaired) electrons. The van der Waals surface area contributed by atoms with Crippen LogP contribution in [0.5, 0.6) is 5.75 Å². The van der Waals surface area contributed by atoms with Gasteiger partial charge in [-0.25, -0.2) is 0 Å². The molecule has 19 heavy (non-hydrogen) atoms. The molecule has 0 N–H and O–H groups in total. The van der Waals surface area contributed by atoms with Crippen LogP contribution in [0.25, 0.3) is 0 Å². The van der Waals surface area contributed by atoms with Gasteiger partial charge in [-0.15, -0.1) is 0 Å². The molecule has 0 aliphatic heterocycles. The molecule has 1 atom stereocenters. The van der Waals surface area contributed by atoms with Crippen molar-refractivity contribution in [3.63, 3.8) is 0 Å². The van der Waals surface area contributed by atoms with Gasteiger partial charge in [0.15, 0.2) is 0 Å². The highest BCUT2D eigenvalue weighted by molar-refractivity contribution is 5.37. The molecule has 2 rings (SSSR count). The molecule has 0 aliphatic carbocycles. The molecule has 0 heterocycles. The summed E-state index contributed by atoms with van der Waals surface area (Å²) in [7, 11) is 1.70. The van der Waals surface area contributed by atoms with Crippen LogP contribution in [0.1, 0.15) is 36.5 Å². The van der Waals surface area contributed by atoms with E-state index in [9.17, 15) is 0 Å². The monoisotopic (exact) mass is 254 g/mol. The summed E-state index contributed by atoms with van der Waals surface area (Å²) in [6, 6.07) is 17.3. The first-order chi connectivity index (χ1) is 9.11. The predicted molar refractivity (Wildman–Crippen MR) is 80.9 cm³/mol. The Balaban J connectivity index is 2.36. The highest BCUT2D eigenvalue weighted by atomic mass is 16.5. The Morgan fingerprint density at radius 2 is 1.26 bits per heavy atom. The number of rotatable bonds is 4. The topological polar surface area (TPSA) is 9.23 Å². The summed E-state index contributed by atoms with van der Waals surface area (Å²) < 4.78 is 5.23. The van der Waals surface area contributed by atoms with Gasteiger partial charge in [0.25, 0.3) is 0 Å². The number of ether oxygens (including phenoxy) is 1. The molecule has 0 aromatic heterocycles. The van der Waals surface area contributed by atoms with Crippen LogP contribution in [0.4, 0.5) is 0 Å². The zero-order valence-corrected chi connectivity index (χ0v) is 12.2. The fraction of sp³-hybridized carbons (Fsp3) is 0.333. The fourth-order valence-corrected chi connectivity index (χ4v) is 2.55. The van der Waals surface area contributed by atoms with Crippen molar-refractivity contribution in [2.75, 3.05) is 7.11 Å². The highest BCUT2D eigenvalue weighted by Gasteiger charge is 2.17. The lowest BCUT2D eigenvalue weighted by atomic mass is 9.82. The van der Waals surface area contributed by atoms with E-state index in [-0.39, 0.29) is 0 Å². The van der Waals surface area contributed by atoms with Crippen LogP contribution >= 0.6 is 0 Å². The molecular formula is C18H22O. The van der Waals surface area contributed by atoms with Crippen molar-refractivity contribution < 1.29 is 4.74 Å². The Labute approximate surface area is 116 Å². The van der Waals surface area contributed by atoms with Crippen LogP contribution in [0.2, 0.25) is 0 Å². The van der Waals surface area contributed by atoms with Gasteiger partial charge in [0.05, 0.1) is 7.11 Å². The quantitative estimate of drug-likeness (QED) is 0.762. The SMILES string of the molecule is COc1ccc(C(c2ccc(C)cc2)C(C)C)cc1. The van der Waals surface area contributed by atoms with Gasteiger partial charge in [-0.2, -0.15) is 0 Å². The third kappa shape index (κ3) is 3.17. The molecule has 0 aliphatic rings. The zero-order chi connectivity index (χ0) is 13.8. The Morgan fingerprint density at radius 1 is 0.789 bits per heavy atom. The molecule has 100 valence electrons. The van der Waals surface area contributed by atoms with Crippen molar-refractivity contribution in [1.82, 2.24) is 0 Å². The van der Waals surface area contributed by atoms with Crippen LogP contribution in [0.3, 0.4) is 0 Å². The first-order valence-corrected chi connectivity index (χ1v) is 6.82. The summed E-state index contributed by atoms with van der Waals surface area (Å²) in [5.74, 6) is 1.91. The van der Waals surface area contributed by atoms with E-state index in [0.29, 0.717) is 11.8 Å². The van der Waals surface area contributed by atoms with Gasteiger partial charge in [-0.1, -0.05) is 55.8 Å². The molecule has 1 heteroatoms. The Bertz CT molecular complexity index is 508. The first kappa shape index (κ1) is 13.7. The lowest BCUT2D eigenvalue weighted by Gasteiger charge is -2.22. The smallest absolute Gasteiger partial charge is 0.118 e. The van der Waals surface area contributed by atoms with Gasteiger partial charge >= 0.3 is 0 Å². The molecule has 0 fully saturated rings. The average molecular weight is 254 g/mol. The molecule has 2 aromatic carbocycles. The van der Waals surface area contributed by atoms with E-state index in [1.165, 1.54) is 16.7 Å². The van der Waals surface area contributed by atoms with Gasteiger partial charge in [0, 0.05) is 5.92 Å². The van der Waals surface area contributed by atoms with E-state index in [4.69, 9.17) is 4.74 Å². The second-order valence-electron chi connectivity index (χ2n) is 5.41. The number of hydrogen-bond acceptors (Lipinski definition) is 1. The van der Waals surface area contributed by atoms with E-state index >= 15 is 0 Å². The fourth-order valence-electron chi connectivity index (χ4n) is 2.55. The third-order valence-corrected chi connectivity index (χ3v) is 3.58. The van der Waals surface area contributed by atoms with Crippen LogP contribution in [0, 0.1) is 12.8 Å². The largest absolute Gasteiger partial charge is 0.497 e. The highest BCUT2D eigenvalue weighted by Crippen LogP contribution is 2.32. The Morgan fingerprint density at radius 3 is 1.68 bits per heavy atom. The average Bonchev–Trinajstić information content (AvgIpc) is 2.42. The predicted octanol–water partition coefficient (Wildman–Crippen LogP) is 4.79. The molecular weight excluding hydrogens is 232 g/mol. The number of hydrogen-bond donors (Lipinski definition) is 0. The Kier molecular flexibility index (Phi) is 4.26.